The molecule has 1 aliphatic carbocycles. The fourth-order valence-electron chi connectivity index (χ4n) is 3.68. The van der Waals surface area contributed by atoms with Crippen molar-refractivity contribution in [1.29, 1.82) is 0 Å². The molecule has 0 spiro atoms. The molecule has 1 aromatic rings. The summed E-state index contributed by atoms with van der Waals surface area (Å²) < 4.78 is 1.96. The van der Waals surface area contributed by atoms with E-state index in [0.29, 0.717) is 5.92 Å². The highest BCUT2D eigenvalue weighted by Gasteiger charge is 2.53. The predicted molar refractivity (Wildman–Crippen MR) is 69.1 cm³/mol. The maximum absolute atomic E-state index is 10.2. The average molecular weight is 236 g/mol. The van der Waals surface area contributed by atoms with Gasteiger partial charge >= 0.3 is 0 Å². The maximum atomic E-state index is 10.2. The molecule has 0 saturated heterocycles. The van der Waals surface area contributed by atoms with E-state index in [0.717, 1.165) is 25.0 Å². The number of aliphatic hydroxyl groups is 1. The summed E-state index contributed by atoms with van der Waals surface area (Å²) in [6, 6.07) is 0. The Balaban J connectivity index is 2.42. The molecule has 0 aliphatic heterocycles. The minimum absolute atomic E-state index is 0.0819. The second kappa shape index (κ2) is 4.13. The molecule has 1 fully saturated rings. The summed E-state index contributed by atoms with van der Waals surface area (Å²) in [5.41, 5.74) is 3.85. The highest BCUT2D eigenvalue weighted by molar-refractivity contribution is 5.34. The van der Waals surface area contributed by atoms with Gasteiger partial charge in [0.1, 0.15) is 0 Å². The van der Waals surface area contributed by atoms with Crippen LogP contribution in [0.25, 0.3) is 0 Å². The van der Waals surface area contributed by atoms with Gasteiger partial charge in [0, 0.05) is 18.2 Å². The first-order chi connectivity index (χ1) is 7.97. The molecule has 2 atom stereocenters. The fraction of sp³-hybridized carbons (Fsp3) is 0.786. The van der Waals surface area contributed by atoms with Gasteiger partial charge in [-0.25, -0.2) is 0 Å². The van der Waals surface area contributed by atoms with Crippen molar-refractivity contribution < 1.29 is 5.11 Å². The van der Waals surface area contributed by atoms with Gasteiger partial charge in [0.05, 0.1) is 11.8 Å². The van der Waals surface area contributed by atoms with Crippen LogP contribution in [0.15, 0.2) is 0 Å². The lowest BCUT2D eigenvalue weighted by Gasteiger charge is -2.53. The molecule has 3 heteroatoms. The van der Waals surface area contributed by atoms with Crippen LogP contribution in [-0.2, 0) is 7.05 Å². The zero-order valence-electron chi connectivity index (χ0n) is 11.6. The molecule has 0 amide bonds. The van der Waals surface area contributed by atoms with Crippen molar-refractivity contribution in [3.63, 3.8) is 0 Å². The first kappa shape index (κ1) is 12.6. The van der Waals surface area contributed by atoms with Crippen molar-refractivity contribution in [2.75, 3.05) is 0 Å². The van der Waals surface area contributed by atoms with Gasteiger partial charge in [-0.2, -0.15) is 5.10 Å². The second-order valence-electron chi connectivity index (χ2n) is 5.45. The summed E-state index contributed by atoms with van der Waals surface area (Å²) in [5, 5.41) is 14.7. The molecule has 1 aliphatic rings. The van der Waals surface area contributed by atoms with Gasteiger partial charge < -0.3 is 5.11 Å². The summed E-state index contributed by atoms with van der Waals surface area (Å²) in [6.07, 6.45) is 2.85. The second-order valence-corrected chi connectivity index (χ2v) is 5.45. The normalized spacial score (nSPS) is 26.9. The number of hydrogen-bond acceptors (Lipinski definition) is 2. The smallest absolute Gasteiger partial charge is 0.0631 e. The van der Waals surface area contributed by atoms with Crippen molar-refractivity contribution in [2.24, 2.45) is 12.5 Å². The Morgan fingerprint density at radius 1 is 1.35 bits per heavy atom. The molecule has 1 saturated carbocycles. The van der Waals surface area contributed by atoms with E-state index < -0.39 is 0 Å². The van der Waals surface area contributed by atoms with Crippen molar-refractivity contribution in [3.05, 3.63) is 17.0 Å². The third kappa shape index (κ3) is 1.55. The first-order valence-corrected chi connectivity index (χ1v) is 6.66. The van der Waals surface area contributed by atoms with E-state index in [4.69, 9.17) is 0 Å². The van der Waals surface area contributed by atoms with E-state index in [1.54, 1.807) is 0 Å². The number of hydrogen-bond donors (Lipinski definition) is 1. The van der Waals surface area contributed by atoms with Gasteiger partial charge in [0.25, 0.3) is 0 Å². The Morgan fingerprint density at radius 2 is 1.94 bits per heavy atom. The summed E-state index contributed by atoms with van der Waals surface area (Å²) in [5.74, 6) is 0.487. The van der Waals surface area contributed by atoms with Crippen LogP contribution < -0.4 is 0 Å². The number of aryl methyl sites for hydroxylation is 2. The van der Waals surface area contributed by atoms with Crippen LogP contribution in [0.1, 0.15) is 56.0 Å². The zero-order valence-corrected chi connectivity index (χ0v) is 11.6. The molecule has 0 aromatic carbocycles. The summed E-state index contributed by atoms with van der Waals surface area (Å²) in [7, 11) is 2.00. The van der Waals surface area contributed by atoms with Gasteiger partial charge in [0.15, 0.2) is 0 Å². The van der Waals surface area contributed by atoms with E-state index in [1.165, 1.54) is 11.3 Å². The quantitative estimate of drug-likeness (QED) is 0.876. The van der Waals surface area contributed by atoms with Crippen LogP contribution in [-0.4, -0.2) is 21.0 Å². The van der Waals surface area contributed by atoms with E-state index >= 15 is 0 Å². The van der Waals surface area contributed by atoms with E-state index in [1.807, 2.05) is 11.7 Å². The molecule has 1 N–H and O–H groups in total. The summed E-state index contributed by atoms with van der Waals surface area (Å²) in [6.45, 7) is 8.61. The molecule has 3 nitrogen and oxygen atoms in total. The Labute approximate surface area is 104 Å². The largest absolute Gasteiger partial charge is 0.393 e. The van der Waals surface area contributed by atoms with Gasteiger partial charge in [-0.05, 0) is 44.6 Å². The van der Waals surface area contributed by atoms with Crippen molar-refractivity contribution in [1.82, 2.24) is 9.78 Å². The Kier molecular flexibility index (Phi) is 3.06. The molecule has 0 radical (unpaired) electrons. The topological polar surface area (TPSA) is 38.1 Å². The molecule has 96 valence electrons. The Hall–Kier alpha value is -0.830. The molecule has 2 rings (SSSR count). The zero-order chi connectivity index (χ0) is 12.8. The lowest BCUT2D eigenvalue weighted by molar-refractivity contribution is -0.0935. The SMILES string of the molecule is CCC1(CC)C(O)CC1c1c(C)nn(C)c1C. The van der Waals surface area contributed by atoms with Gasteiger partial charge in [-0.15, -0.1) is 0 Å². The summed E-state index contributed by atoms with van der Waals surface area (Å²) in [4.78, 5) is 0. The molecular weight excluding hydrogens is 212 g/mol. The molecule has 2 unspecified atom stereocenters. The van der Waals surface area contributed by atoms with E-state index in [-0.39, 0.29) is 11.5 Å². The monoisotopic (exact) mass is 236 g/mol. The van der Waals surface area contributed by atoms with Crippen LogP contribution in [0.5, 0.6) is 0 Å². The standard InChI is InChI=1S/C14H24N2O/c1-6-14(7-2)11(8-12(14)17)13-9(3)15-16(5)10(13)4/h11-12,17H,6-8H2,1-5H3. The number of aromatic nitrogens is 2. The van der Waals surface area contributed by atoms with Crippen molar-refractivity contribution in [2.45, 2.75) is 59.0 Å². The van der Waals surface area contributed by atoms with Crippen molar-refractivity contribution >= 4 is 0 Å². The van der Waals surface area contributed by atoms with Crippen LogP contribution >= 0.6 is 0 Å². The Morgan fingerprint density at radius 3 is 2.29 bits per heavy atom. The predicted octanol–water partition coefficient (Wildman–Crippen LogP) is 2.69. The molecular formula is C14H24N2O. The number of nitrogens with zero attached hydrogens (tertiary/aromatic N) is 2. The van der Waals surface area contributed by atoms with Crippen LogP contribution in [0.2, 0.25) is 0 Å². The fourth-order valence-corrected chi connectivity index (χ4v) is 3.68. The lowest BCUT2D eigenvalue weighted by atomic mass is 9.53. The lowest BCUT2D eigenvalue weighted by Crippen LogP contribution is -2.51. The van der Waals surface area contributed by atoms with Crippen molar-refractivity contribution in [3.8, 4) is 0 Å². The molecule has 1 heterocycles. The highest BCUT2D eigenvalue weighted by Crippen LogP contribution is 2.58. The van der Waals surface area contributed by atoms with E-state index in [9.17, 15) is 5.11 Å². The maximum Gasteiger partial charge on any atom is 0.0631 e. The Bertz CT molecular complexity index is 418. The van der Waals surface area contributed by atoms with Gasteiger partial charge in [-0.3, -0.25) is 4.68 Å². The minimum atomic E-state index is -0.137. The number of rotatable bonds is 3. The summed E-state index contributed by atoms with van der Waals surface area (Å²) >= 11 is 0. The van der Waals surface area contributed by atoms with Gasteiger partial charge in [0.2, 0.25) is 0 Å². The highest BCUT2D eigenvalue weighted by atomic mass is 16.3. The van der Waals surface area contributed by atoms with Gasteiger partial charge in [-0.1, -0.05) is 13.8 Å². The first-order valence-electron chi connectivity index (χ1n) is 6.66. The van der Waals surface area contributed by atoms with Crippen LogP contribution in [0, 0.1) is 19.3 Å². The molecule has 0 bridgehead atoms. The number of aliphatic hydroxyl groups excluding tert-OH is 1. The third-order valence-corrected chi connectivity index (χ3v) is 5.05. The average Bonchev–Trinajstić information content (AvgIpc) is 2.52. The molecule has 17 heavy (non-hydrogen) atoms. The van der Waals surface area contributed by atoms with Crippen LogP contribution in [0.3, 0.4) is 0 Å². The molecule has 1 aromatic heterocycles. The van der Waals surface area contributed by atoms with Crippen LogP contribution in [0.4, 0.5) is 0 Å². The van der Waals surface area contributed by atoms with E-state index in [2.05, 4.69) is 32.8 Å². The minimum Gasteiger partial charge on any atom is -0.393 e. The third-order valence-electron chi connectivity index (χ3n) is 5.05.